The Morgan fingerprint density at radius 1 is 1.12 bits per heavy atom. The molecule has 2 amide bonds. The number of carbonyl (C=O) groups is 2. The summed E-state index contributed by atoms with van der Waals surface area (Å²) in [7, 11) is 0. The second-order valence-corrected chi connectivity index (χ2v) is 5.79. The minimum atomic E-state index is -0.958. The molecule has 2 rings (SSSR count). The van der Waals surface area contributed by atoms with Crippen molar-refractivity contribution in [3.8, 4) is 0 Å². The molecule has 0 fully saturated rings. The summed E-state index contributed by atoms with van der Waals surface area (Å²) in [5, 5.41) is 9.42. The molecule has 138 valence electrons. The minimum absolute atomic E-state index is 0. The molecule has 2 aromatic rings. The third-order valence-corrected chi connectivity index (χ3v) is 3.21. The molecule has 0 saturated heterocycles. The van der Waals surface area contributed by atoms with Gasteiger partial charge in [-0.1, -0.05) is 0 Å². The summed E-state index contributed by atoms with van der Waals surface area (Å²) < 4.78 is 1.47. The molecule has 1 heterocycles. The number of aromatic nitrogens is 3. The predicted octanol–water partition coefficient (Wildman–Crippen LogP) is 2.00. The number of benzene rings is 1. The maximum atomic E-state index is 12.1. The van der Waals surface area contributed by atoms with E-state index < -0.39 is 11.6 Å². The van der Waals surface area contributed by atoms with E-state index in [2.05, 4.69) is 20.7 Å². The summed E-state index contributed by atoms with van der Waals surface area (Å²) >= 11 is 0. The monoisotopic (exact) mass is 388 g/mol. The summed E-state index contributed by atoms with van der Waals surface area (Å²) in [5.74, 6) is -0.496. The normalized spacial score (nSPS) is 11.5. The van der Waals surface area contributed by atoms with E-state index in [0.29, 0.717) is 11.4 Å². The van der Waals surface area contributed by atoms with Gasteiger partial charge >= 0.3 is 0 Å². The molecule has 1 atom stereocenters. The quantitative estimate of drug-likeness (QED) is 0.724. The van der Waals surface area contributed by atoms with E-state index in [9.17, 15) is 9.59 Å². The minimum Gasteiger partial charge on any atom is -0.325 e. The molecule has 8 nitrogen and oxygen atoms in total. The number of anilines is 2. The largest absolute Gasteiger partial charge is 0.325 e. The van der Waals surface area contributed by atoms with E-state index in [4.69, 9.17) is 5.73 Å². The van der Waals surface area contributed by atoms with Gasteiger partial charge in [0.25, 0.3) is 0 Å². The molecule has 10 heteroatoms. The molecule has 1 aromatic carbocycles. The van der Waals surface area contributed by atoms with E-state index in [1.165, 1.54) is 17.3 Å². The molecule has 0 bridgehead atoms. The van der Waals surface area contributed by atoms with E-state index in [-0.39, 0.29) is 36.6 Å². The molecule has 0 aliphatic heterocycles. The van der Waals surface area contributed by atoms with Crippen LogP contribution in [0.3, 0.4) is 0 Å². The van der Waals surface area contributed by atoms with Crippen LogP contribution in [0.5, 0.6) is 0 Å². The van der Waals surface area contributed by atoms with Crippen LogP contribution in [0, 0.1) is 0 Å². The number of rotatable bonds is 5. The van der Waals surface area contributed by atoms with Crippen molar-refractivity contribution in [3.63, 3.8) is 0 Å². The van der Waals surface area contributed by atoms with Crippen LogP contribution in [-0.4, -0.2) is 32.1 Å². The van der Waals surface area contributed by atoms with Crippen molar-refractivity contribution in [2.45, 2.75) is 32.4 Å². The molecular formula is C15H22Cl2N6O2. The molecule has 0 aliphatic rings. The Balaban J connectivity index is 0.00000288. The Morgan fingerprint density at radius 2 is 1.64 bits per heavy atom. The van der Waals surface area contributed by atoms with Gasteiger partial charge in [-0.05, 0) is 45.0 Å². The highest BCUT2D eigenvalue weighted by Crippen LogP contribution is 2.16. The molecule has 0 saturated carbocycles. The highest BCUT2D eigenvalue weighted by Gasteiger charge is 2.21. The average molecular weight is 389 g/mol. The second kappa shape index (κ2) is 9.36. The molecule has 1 unspecified atom stereocenters. The first kappa shape index (κ1) is 22.8. The molecular weight excluding hydrogens is 367 g/mol. The number of amides is 2. The Kier molecular flexibility index (Phi) is 8.55. The molecule has 0 spiro atoms. The Hall–Kier alpha value is -2.16. The summed E-state index contributed by atoms with van der Waals surface area (Å²) in [6, 6.07) is 6.31. The number of carbonyl (C=O) groups excluding carboxylic acids is 2. The number of halogens is 2. The van der Waals surface area contributed by atoms with Crippen LogP contribution in [0.15, 0.2) is 36.9 Å². The van der Waals surface area contributed by atoms with Crippen LogP contribution in [-0.2, 0) is 9.59 Å². The van der Waals surface area contributed by atoms with Crippen LogP contribution in [0.25, 0.3) is 0 Å². The van der Waals surface area contributed by atoms with Gasteiger partial charge in [-0.25, -0.2) is 9.67 Å². The summed E-state index contributed by atoms with van der Waals surface area (Å²) in [6.45, 7) is 4.98. The fraction of sp³-hybridized carbons (Fsp3) is 0.333. The zero-order chi connectivity index (χ0) is 17.0. The smallest absolute Gasteiger partial charge is 0.249 e. The van der Waals surface area contributed by atoms with Gasteiger partial charge in [0.15, 0.2) is 0 Å². The van der Waals surface area contributed by atoms with Crippen molar-refractivity contribution in [1.29, 1.82) is 0 Å². The third kappa shape index (κ3) is 6.33. The number of nitrogens with zero attached hydrogens (tertiary/aromatic N) is 3. The molecule has 1 aromatic heterocycles. The number of hydrogen-bond acceptors (Lipinski definition) is 5. The van der Waals surface area contributed by atoms with E-state index >= 15 is 0 Å². The maximum absolute atomic E-state index is 12.1. The van der Waals surface area contributed by atoms with Crippen molar-refractivity contribution in [1.82, 2.24) is 14.8 Å². The van der Waals surface area contributed by atoms with Gasteiger partial charge in [0.1, 0.15) is 18.7 Å². The fourth-order valence-electron chi connectivity index (χ4n) is 1.71. The predicted molar refractivity (Wildman–Crippen MR) is 101 cm³/mol. The average Bonchev–Trinajstić information content (AvgIpc) is 3.01. The zero-order valence-electron chi connectivity index (χ0n) is 14.1. The Morgan fingerprint density at radius 3 is 2.08 bits per heavy atom. The first-order chi connectivity index (χ1) is 10.8. The summed E-state index contributed by atoms with van der Waals surface area (Å²) in [4.78, 5) is 27.7. The van der Waals surface area contributed by atoms with Gasteiger partial charge in [0.05, 0.1) is 5.54 Å². The van der Waals surface area contributed by atoms with Crippen molar-refractivity contribution in [2.75, 3.05) is 10.6 Å². The van der Waals surface area contributed by atoms with E-state index in [1.54, 1.807) is 45.0 Å². The zero-order valence-corrected chi connectivity index (χ0v) is 15.7. The van der Waals surface area contributed by atoms with Crippen LogP contribution in [0.2, 0.25) is 0 Å². The first-order valence-corrected chi connectivity index (χ1v) is 7.13. The lowest BCUT2D eigenvalue weighted by molar-refractivity contribution is -0.120. The van der Waals surface area contributed by atoms with Crippen LogP contribution in [0.4, 0.5) is 11.4 Å². The number of nitrogens with two attached hydrogens (primary N) is 1. The van der Waals surface area contributed by atoms with E-state index in [0.717, 1.165) is 0 Å². The Labute approximate surface area is 158 Å². The highest BCUT2D eigenvalue weighted by molar-refractivity contribution is 5.98. The van der Waals surface area contributed by atoms with Gasteiger partial charge in [0, 0.05) is 11.4 Å². The first-order valence-electron chi connectivity index (χ1n) is 7.13. The number of nitrogens with one attached hydrogen (secondary N) is 2. The third-order valence-electron chi connectivity index (χ3n) is 3.21. The molecule has 0 radical (unpaired) electrons. The lowest BCUT2D eigenvalue weighted by Gasteiger charge is -2.18. The van der Waals surface area contributed by atoms with Gasteiger partial charge in [-0.3, -0.25) is 9.59 Å². The molecule has 25 heavy (non-hydrogen) atoms. The van der Waals surface area contributed by atoms with Gasteiger partial charge in [-0.2, -0.15) is 5.10 Å². The van der Waals surface area contributed by atoms with E-state index in [1.807, 2.05) is 0 Å². The lowest BCUT2D eigenvalue weighted by Crippen LogP contribution is -2.45. The van der Waals surface area contributed by atoms with Gasteiger partial charge in [-0.15, -0.1) is 24.8 Å². The standard InChI is InChI=1S/C15H20N6O2.2ClH/c1-10(21-9-17-8-18-21)13(22)19-11-4-6-12(7-5-11)20-14(23)15(2,3)16;;/h4-10H,16H2,1-3H3,(H,19,22)(H,20,23);2*1H. The fourth-order valence-corrected chi connectivity index (χ4v) is 1.71. The van der Waals surface area contributed by atoms with Crippen molar-refractivity contribution in [3.05, 3.63) is 36.9 Å². The van der Waals surface area contributed by atoms with Crippen LogP contribution in [0.1, 0.15) is 26.8 Å². The summed E-state index contributed by atoms with van der Waals surface area (Å²) in [6.07, 6.45) is 2.86. The lowest BCUT2D eigenvalue weighted by atomic mass is 10.1. The van der Waals surface area contributed by atoms with Crippen molar-refractivity contribution in [2.24, 2.45) is 5.73 Å². The number of hydrogen-bond donors (Lipinski definition) is 3. The topological polar surface area (TPSA) is 115 Å². The SMILES string of the molecule is CC(C(=O)Nc1ccc(NC(=O)C(C)(C)N)cc1)n1cncn1.Cl.Cl. The van der Waals surface area contributed by atoms with Crippen LogP contribution < -0.4 is 16.4 Å². The van der Waals surface area contributed by atoms with Gasteiger partial charge in [0.2, 0.25) is 11.8 Å². The van der Waals surface area contributed by atoms with Crippen molar-refractivity contribution >= 4 is 48.0 Å². The molecule has 4 N–H and O–H groups in total. The van der Waals surface area contributed by atoms with Crippen LogP contribution >= 0.6 is 24.8 Å². The van der Waals surface area contributed by atoms with Crippen molar-refractivity contribution < 1.29 is 9.59 Å². The second-order valence-electron chi connectivity index (χ2n) is 5.79. The maximum Gasteiger partial charge on any atom is 0.249 e. The summed E-state index contributed by atoms with van der Waals surface area (Å²) in [5.41, 5.74) is 5.99. The van der Waals surface area contributed by atoms with Gasteiger partial charge < -0.3 is 16.4 Å². The molecule has 0 aliphatic carbocycles. The Bertz CT molecular complexity index is 683. The highest BCUT2D eigenvalue weighted by atomic mass is 35.5.